The van der Waals surface area contributed by atoms with Crippen molar-refractivity contribution in [2.24, 2.45) is 0 Å². The van der Waals surface area contributed by atoms with Gasteiger partial charge in [-0.2, -0.15) is 5.10 Å². The number of ether oxygens (including phenoxy) is 1. The lowest BCUT2D eigenvalue weighted by atomic mass is 9.91. The summed E-state index contributed by atoms with van der Waals surface area (Å²) in [4.78, 5) is 12.7. The fourth-order valence-electron chi connectivity index (χ4n) is 3.92. The van der Waals surface area contributed by atoms with Gasteiger partial charge in [-0.05, 0) is 70.5 Å². The molecule has 1 spiro atoms. The molecule has 5 nitrogen and oxygen atoms in total. The van der Waals surface area contributed by atoms with E-state index in [2.05, 4.69) is 56.3 Å². The summed E-state index contributed by atoms with van der Waals surface area (Å²) in [5.41, 5.74) is 3.69. The van der Waals surface area contributed by atoms with E-state index in [-0.39, 0.29) is 11.8 Å². The zero-order valence-corrected chi connectivity index (χ0v) is 15.0. The van der Waals surface area contributed by atoms with Crippen LogP contribution in [0, 0.1) is 3.70 Å². The van der Waals surface area contributed by atoms with Gasteiger partial charge in [0.15, 0.2) is 0 Å². The van der Waals surface area contributed by atoms with Crippen LogP contribution >= 0.6 is 22.6 Å². The van der Waals surface area contributed by atoms with E-state index in [9.17, 15) is 4.79 Å². The van der Waals surface area contributed by atoms with Gasteiger partial charge in [-0.1, -0.05) is 6.07 Å². The van der Waals surface area contributed by atoms with Crippen molar-refractivity contribution < 1.29 is 9.53 Å². The molecule has 5 rings (SSSR count). The van der Waals surface area contributed by atoms with E-state index in [1.807, 2.05) is 18.2 Å². The summed E-state index contributed by atoms with van der Waals surface area (Å²) >= 11 is 2.22. The Labute approximate surface area is 151 Å². The molecule has 24 heavy (non-hydrogen) atoms. The van der Waals surface area contributed by atoms with Gasteiger partial charge in [0, 0.05) is 17.0 Å². The molecule has 2 aromatic carbocycles. The summed E-state index contributed by atoms with van der Waals surface area (Å²) in [6, 6.07) is 12.1. The number of anilines is 1. The molecular weight excluding hydrogens is 417 g/mol. The Kier molecular flexibility index (Phi) is 2.81. The highest BCUT2D eigenvalue weighted by Crippen LogP contribution is 2.65. The fourth-order valence-corrected chi connectivity index (χ4v) is 4.51. The largest absolute Gasteiger partial charge is 0.497 e. The average Bonchev–Trinajstić information content (AvgIpc) is 3.17. The van der Waals surface area contributed by atoms with Crippen LogP contribution in [-0.4, -0.2) is 23.2 Å². The molecule has 1 fully saturated rings. The molecular formula is C18H14IN3O2. The number of aromatic nitrogens is 2. The van der Waals surface area contributed by atoms with Gasteiger partial charge in [-0.3, -0.25) is 9.89 Å². The molecule has 2 heterocycles. The van der Waals surface area contributed by atoms with Crippen LogP contribution in [0.1, 0.15) is 23.5 Å². The minimum absolute atomic E-state index is 0.0926. The molecule has 2 atom stereocenters. The quantitative estimate of drug-likeness (QED) is 0.610. The van der Waals surface area contributed by atoms with Crippen molar-refractivity contribution in [2.45, 2.75) is 17.8 Å². The topological polar surface area (TPSA) is 67.0 Å². The second-order valence-corrected chi connectivity index (χ2v) is 7.43. The van der Waals surface area contributed by atoms with Gasteiger partial charge in [0.2, 0.25) is 5.91 Å². The minimum Gasteiger partial charge on any atom is -0.497 e. The number of hydrogen-bond donors (Lipinski definition) is 2. The van der Waals surface area contributed by atoms with Crippen molar-refractivity contribution in [3.63, 3.8) is 0 Å². The molecule has 1 saturated carbocycles. The maximum atomic E-state index is 12.7. The first kappa shape index (κ1) is 14.3. The molecule has 6 heteroatoms. The molecule has 2 aliphatic rings. The maximum Gasteiger partial charge on any atom is 0.235 e. The van der Waals surface area contributed by atoms with Crippen LogP contribution in [0.25, 0.3) is 10.9 Å². The highest BCUT2D eigenvalue weighted by atomic mass is 127. The summed E-state index contributed by atoms with van der Waals surface area (Å²) < 4.78 is 6.31. The van der Waals surface area contributed by atoms with Crippen molar-refractivity contribution in [1.82, 2.24) is 10.2 Å². The van der Waals surface area contributed by atoms with Gasteiger partial charge in [0.05, 0.1) is 18.0 Å². The highest BCUT2D eigenvalue weighted by Gasteiger charge is 2.65. The predicted octanol–water partition coefficient (Wildman–Crippen LogP) is 3.55. The summed E-state index contributed by atoms with van der Waals surface area (Å²) in [5.74, 6) is 1.07. The summed E-state index contributed by atoms with van der Waals surface area (Å²) in [7, 11) is 1.65. The number of methoxy groups -OCH3 is 1. The van der Waals surface area contributed by atoms with Crippen LogP contribution in [0.2, 0.25) is 0 Å². The minimum atomic E-state index is -0.454. The van der Waals surface area contributed by atoms with Crippen molar-refractivity contribution in [3.8, 4) is 5.75 Å². The molecule has 1 aromatic heterocycles. The molecule has 0 radical (unpaired) electrons. The van der Waals surface area contributed by atoms with Crippen molar-refractivity contribution in [3.05, 3.63) is 51.2 Å². The Hall–Kier alpha value is -2.09. The first-order valence-electron chi connectivity index (χ1n) is 7.77. The SMILES string of the molecule is COc1ccc2c(c1)[C@]1(C[C@@H]1c1ccc3c(I)n[nH]c3c1)C(=O)N2. The van der Waals surface area contributed by atoms with Crippen LogP contribution in [-0.2, 0) is 10.2 Å². The van der Waals surface area contributed by atoms with Crippen LogP contribution < -0.4 is 10.1 Å². The second kappa shape index (κ2) is 4.72. The summed E-state index contributed by atoms with van der Waals surface area (Å²) in [6.07, 6.45) is 0.829. The van der Waals surface area contributed by atoms with Crippen LogP contribution in [0.15, 0.2) is 36.4 Å². The number of carbonyl (C=O) groups excluding carboxylic acids is 1. The van der Waals surface area contributed by atoms with Crippen molar-refractivity contribution in [2.75, 3.05) is 12.4 Å². The van der Waals surface area contributed by atoms with E-state index in [0.717, 1.165) is 38.0 Å². The number of carbonyl (C=O) groups is 1. The Morgan fingerprint density at radius 2 is 2.17 bits per heavy atom. The van der Waals surface area contributed by atoms with Gasteiger partial charge >= 0.3 is 0 Å². The summed E-state index contributed by atoms with van der Waals surface area (Å²) in [5, 5.41) is 11.4. The molecule has 1 aliphatic heterocycles. The Balaban J connectivity index is 1.60. The average molecular weight is 431 g/mol. The van der Waals surface area contributed by atoms with E-state index in [0.29, 0.717) is 0 Å². The number of halogens is 1. The van der Waals surface area contributed by atoms with Crippen molar-refractivity contribution in [1.29, 1.82) is 0 Å². The van der Waals surface area contributed by atoms with Gasteiger partial charge in [-0.15, -0.1) is 0 Å². The number of nitrogens with zero attached hydrogens (tertiary/aromatic N) is 1. The first-order chi connectivity index (χ1) is 11.6. The molecule has 0 bridgehead atoms. The van der Waals surface area contributed by atoms with Gasteiger partial charge in [0.1, 0.15) is 9.45 Å². The Morgan fingerprint density at radius 3 is 3.00 bits per heavy atom. The Morgan fingerprint density at radius 1 is 1.29 bits per heavy atom. The van der Waals surface area contributed by atoms with E-state index in [1.165, 1.54) is 5.56 Å². The maximum absolute atomic E-state index is 12.7. The normalized spacial score (nSPS) is 24.2. The van der Waals surface area contributed by atoms with E-state index in [4.69, 9.17) is 4.74 Å². The second-order valence-electron chi connectivity index (χ2n) is 6.41. The molecule has 2 N–H and O–H groups in total. The molecule has 1 aliphatic carbocycles. The lowest BCUT2D eigenvalue weighted by molar-refractivity contribution is -0.118. The van der Waals surface area contributed by atoms with Crippen LogP contribution in [0.3, 0.4) is 0 Å². The number of rotatable bonds is 2. The number of nitrogens with one attached hydrogen (secondary N) is 2. The third-order valence-electron chi connectivity index (χ3n) is 5.26. The number of hydrogen-bond acceptors (Lipinski definition) is 3. The molecule has 120 valence electrons. The molecule has 0 saturated heterocycles. The van der Waals surface area contributed by atoms with Gasteiger partial charge < -0.3 is 10.1 Å². The lowest BCUT2D eigenvalue weighted by Crippen LogP contribution is -2.21. The Bertz CT molecular complexity index is 1010. The number of aromatic amines is 1. The predicted molar refractivity (Wildman–Crippen MR) is 99.5 cm³/mol. The standard InChI is InChI=1S/C18H14IN3O2/c1-24-10-3-5-14-12(7-10)18(17(23)20-14)8-13(18)9-2-4-11-15(6-9)21-22-16(11)19/h2-7,13H,8H2,1H3,(H,20,23)(H,21,22)/t13-,18+/m1/s1. The molecule has 0 unspecified atom stereocenters. The highest BCUT2D eigenvalue weighted by molar-refractivity contribution is 14.1. The van der Waals surface area contributed by atoms with E-state index < -0.39 is 5.41 Å². The zero-order valence-electron chi connectivity index (χ0n) is 12.9. The smallest absolute Gasteiger partial charge is 0.235 e. The zero-order chi connectivity index (χ0) is 16.5. The molecule has 3 aromatic rings. The van der Waals surface area contributed by atoms with E-state index in [1.54, 1.807) is 7.11 Å². The van der Waals surface area contributed by atoms with Gasteiger partial charge in [-0.25, -0.2) is 0 Å². The third kappa shape index (κ3) is 1.74. The van der Waals surface area contributed by atoms with E-state index >= 15 is 0 Å². The number of amides is 1. The lowest BCUT2D eigenvalue weighted by Gasteiger charge is -2.10. The summed E-state index contributed by atoms with van der Waals surface area (Å²) in [6.45, 7) is 0. The van der Waals surface area contributed by atoms with Gasteiger partial charge in [0.25, 0.3) is 0 Å². The number of fused-ring (bicyclic) bond motifs is 3. The van der Waals surface area contributed by atoms with Crippen molar-refractivity contribution >= 4 is 45.1 Å². The van der Waals surface area contributed by atoms with Crippen LogP contribution in [0.4, 0.5) is 5.69 Å². The van der Waals surface area contributed by atoms with Crippen LogP contribution in [0.5, 0.6) is 5.75 Å². The first-order valence-corrected chi connectivity index (χ1v) is 8.85. The number of H-pyrrole nitrogens is 1. The third-order valence-corrected chi connectivity index (χ3v) is 6.09. The molecule has 1 amide bonds. The fraction of sp³-hybridized carbons (Fsp3) is 0.222. The monoisotopic (exact) mass is 431 g/mol. The number of benzene rings is 2.